The molecule has 0 saturated carbocycles. The van der Waals surface area contributed by atoms with Crippen LogP contribution in [0.3, 0.4) is 0 Å². The molecule has 0 saturated heterocycles. The Morgan fingerprint density at radius 2 is 1.79 bits per heavy atom. The number of aromatic nitrogens is 2. The molecular formula is C22H24N4O2. The summed E-state index contributed by atoms with van der Waals surface area (Å²) in [5.74, 6) is -0.483. The third-order valence-corrected chi connectivity index (χ3v) is 4.76. The summed E-state index contributed by atoms with van der Waals surface area (Å²) in [5.41, 5.74) is 2.16. The van der Waals surface area contributed by atoms with Crippen molar-refractivity contribution in [2.45, 2.75) is 26.3 Å². The van der Waals surface area contributed by atoms with Crippen LogP contribution in [0, 0.1) is 5.92 Å². The van der Waals surface area contributed by atoms with E-state index in [9.17, 15) is 9.59 Å². The Bertz CT molecular complexity index is 905. The van der Waals surface area contributed by atoms with Crippen molar-refractivity contribution < 1.29 is 9.59 Å². The number of carbonyl (C=O) groups is 2. The molecule has 0 radical (unpaired) electrons. The highest BCUT2D eigenvalue weighted by molar-refractivity contribution is 6.01. The fourth-order valence-electron chi connectivity index (χ4n) is 2.86. The molecule has 0 aliphatic rings. The van der Waals surface area contributed by atoms with Crippen molar-refractivity contribution in [3.63, 3.8) is 0 Å². The minimum atomic E-state index is -0.619. The molecule has 0 bridgehead atoms. The smallest absolute Gasteiger partial charge is 0.251 e. The van der Waals surface area contributed by atoms with E-state index in [1.54, 1.807) is 36.8 Å². The molecule has 3 rings (SSSR count). The molecule has 0 fully saturated rings. The van der Waals surface area contributed by atoms with E-state index in [1.165, 1.54) is 0 Å². The zero-order chi connectivity index (χ0) is 19.9. The summed E-state index contributed by atoms with van der Waals surface area (Å²) in [6.45, 7) is 3.96. The molecule has 1 aromatic heterocycles. The molecule has 28 heavy (non-hydrogen) atoms. The number of imidazole rings is 1. The van der Waals surface area contributed by atoms with Crippen LogP contribution in [0.5, 0.6) is 0 Å². The first-order valence-electron chi connectivity index (χ1n) is 9.33. The topological polar surface area (TPSA) is 76.0 Å². The monoisotopic (exact) mass is 376 g/mol. The lowest BCUT2D eigenvalue weighted by molar-refractivity contribution is -0.119. The van der Waals surface area contributed by atoms with E-state index >= 15 is 0 Å². The Morgan fingerprint density at radius 3 is 2.39 bits per heavy atom. The molecular weight excluding hydrogens is 352 g/mol. The highest BCUT2D eigenvalue weighted by Crippen LogP contribution is 2.16. The second kappa shape index (κ2) is 8.99. The lowest BCUT2D eigenvalue weighted by Crippen LogP contribution is -2.47. The Kier molecular flexibility index (Phi) is 6.22. The first kappa shape index (κ1) is 19.4. The van der Waals surface area contributed by atoms with Crippen molar-refractivity contribution in [1.82, 2.24) is 14.9 Å². The van der Waals surface area contributed by atoms with Gasteiger partial charge in [0.05, 0.1) is 6.33 Å². The summed E-state index contributed by atoms with van der Waals surface area (Å²) < 4.78 is 1.88. The number of benzene rings is 2. The highest BCUT2D eigenvalue weighted by Gasteiger charge is 2.26. The van der Waals surface area contributed by atoms with Crippen LogP contribution in [0.15, 0.2) is 73.3 Å². The van der Waals surface area contributed by atoms with Crippen LogP contribution in [-0.2, 0) is 4.79 Å². The molecule has 2 amide bonds. The minimum Gasteiger partial charge on any atom is -0.340 e. The number of amides is 2. The maximum absolute atomic E-state index is 12.9. The van der Waals surface area contributed by atoms with E-state index in [-0.39, 0.29) is 17.7 Å². The third-order valence-electron chi connectivity index (χ3n) is 4.76. The second-order valence-electron chi connectivity index (χ2n) is 6.71. The highest BCUT2D eigenvalue weighted by atomic mass is 16.2. The predicted octanol–water partition coefficient (Wildman–Crippen LogP) is 3.66. The quantitative estimate of drug-likeness (QED) is 0.661. The summed E-state index contributed by atoms with van der Waals surface area (Å²) >= 11 is 0. The van der Waals surface area contributed by atoms with Gasteiger partial charge in [-0.15, -0.1) is 0 Å². The molecule has 0 spiro atoms. The summed E-state index contributed by atoms with van der Waals surface area (Å²) in [6.07, 6.45) is 6.05. The number of rotatable bonds is 7. The Balaban J connectivity index is 1.70. The number of anilines is 1. The fourth-order valence-corrected chi connectivity index (χ4v) is 2.86. The van der Waals surface area contributed by atoms with Gasteiger partial charge in [0.1, 0.15) is 6.04 Å². The Labute approximate surface area is 164 Å². The Morgan fingerprint density at radius 1 is 1.07 bits per heavy atom. The second-order valence-corrected chi connectivity index (χ2v) is 6.71. The fraction of sp³-hybridized carbons (Fsp3) is 0.227. The van der Waals surface area contributed by atoms with E-state index in [1.807, 2.05) is 54.9 Å². The van der Waals surface area contributed by atoms with Crippen LogP contribution in [0.25, 0.3) is 5.69 Å². The average Bonchev–Trinajstić information content (AvgIpc) is 3.27. The standard InChI is InChI=1S/C22H24N4O2/c1-3-16(2)20(25-21(27)17-7-5-4-6-8-17)22(28)24-18-9-11-19(12-10-18)26-14-13-23-15-26/h4-16,20H,3H2,1-2H3,(H,24,28)(H,25,27). The largest absolute Gasteiger partial charge is 0.340 e. The van der Waals surface area contributed by atoms with Crippen molar-refractivity contribution in [1.29, 1.82) is 0 Å². The van der Waals surface area contributed by atoms with Crippen molar-refractivity contribution in [3.05, 3.63) is 78.9 Å². The third kappa shape index (κ3) is 4.65. The van der Waals surface area contributed by atoms with E-state index in [2.05, 4.69) is 15.6 Å². The van der Waals surface area contributed by atoms with Gasteiger partial charge in [-0.2, -0.15) is 0 Å². The first-order valence-corrected chi connectivity index (χ1v) is 9.33. The van der Waals surface area contributed by atoms with Gasteiger partial charge in [0.25, 0.3) is 5.91 Å². The molecule has 6 heteroatoms. The number of nitrogens with one attached hydrogen (secondary N) is 2. The molecule has 2 atom stereocenters. The summed E-state index contributed by atoms with van der Waals surface area (Å²) in [6, 6.07) is 15.8. The number of carbonyl (C=O) groups excluding carboxylic acids is 2. The van der Waals surface area contributed by atoms with Crippen LogP contribution in [0.4, 0.5) is 5.69 Å². The predicted molar refractivity (Wildman–Crippen MR) is 109 cm³/mol. The van der Waals surface area contributed by atoms with Crippen LogP contribution in [0.1, 0.15) is 30.6 Å². The SMILES string of the molecule is CCC(C)C(NC(=O)c1ccccc1)C(=O)Nc1ccc(-n2ccnc2)cc1. The van der Waals surface area contributed by atoms with Crippen molar-refractivity contribution in [3.8, 4) is 5.69 Å². The molecule has 2 aromatic carbocycles. The normalized spacial score (nSPS) is 12.8. The van der Waals surface area contributed by atoms with Gasteiger partial charge in [0.2, 0.25) is 5.91 Å². The van der Waals surface area contributed by atoms with Crippen molar-refractivity contribution in [2.24, 2.45) is 5.92 Å². The molecule has 0 aliphatic heterocycles. The van der Waals surface area contributed by atoms with Gasteiger partial charge >= 0.3 is 0 Å². The van der Waals surface area contributed by atoms with E-state index in [4.69, 9.17) is 0 Å². The van der Waals surface area contributed by atoms with E-state index < -0.39 is 6.04 Å². The van der Waals surface area contributed by atoms with Crippen LogP contribution in [-0.4, -0.2) is 27.4 Å². The number of hydrogen-bond donors (Lipinski definition) is 2. The van der Waals surface area contributed by atoms with Crippen molar-refractivity contribution >= 4 is 17.5 Å². The summed E-state index contributed by atoms with van der Waals surface area (Å²) in [5, 5.41) is 5.78. The first-order chi connectivity index (χ1) is 13.6. The summed E-state index contributed by atoms with van der Waals surface area (Å²) in [4.78, 5) is 29.4. The van der Waals surface area contributed by atoms with Gasteiger partial charge < -0.3 is 15.2 Å². The van der Waals surface area contributed by atoms with Gasteiger partial charge in [-0.1, -0.05) is 38.5 Å². The van der Waals surface area contributed by atoms with E-state index in [0.29, 0.717) is 11.3 Å². The lowest BCUT2D eigenvalue weighted by atomic mass is 9.97. The zero-order valence-corrected chi connectivity index (χ0v) is 16.0. The van der Waals surface area contributed by atoms with Gasteiger partial charge in [-0.05, 0) is 42.3 Å². The Hall–Kier alpha value is -3.41. The average molecular weight is 376 g/mol. The zero-order valence-electron chi connectivity index (χ0n) is 16.0. The minimum absolute atomic E-state index is 0.00196. The maximum Gasteiger partial charge on any atom is 0.251 e. The molecule has 6 nitrogen and oxygen atoms in total. The molecule has 2 N–H and O–H groups in total. The van der Waals surface area contributed by atoms with Crippen LogP contribution in [0.2, 0.25) is 0 Å². The van der Waals surface area contributed by atoms with Gasteiger partial charge in [0.15, 0.2) is 0 Å². The van der Waals surface area contributed by atoms with Crippen LogP contribution < -0.4 is 10.6 Å². The molecule has 1 heterocycles. The van der Waals surface area contributed by atoms with Gasteiger partial charge in [0, 0.05) is 29.3 Å². The maximum atomic E-state index is 12.9. The number of hydrogen-bond acceptors (Lipinski definition) is 3. The molecule has 0 aliphatic carbocycles. The van der Waals surface area contributed by atoms with E-state index in [0.717, 1.165) is 12.1 Å². The van der Waals surface area contributed by atoms with Gasteiger partial charge in [-0.3, -0.25) is 9.59 Å². The summed E-state index contributed by atoms with van der Waals surface area (Å²) in [7, 11) is 0. The molecule has 3 aromatic rings. The van der Waals surface area contributed by atoms with Crippen molar-refractivity contribution in [2.75, 3.05) is 5.32 Å². The van der Waals surface area contributed by atoms with Crippen LogP contribution >= 0.6 is 0 Å². The molecule has 144 valence electrons. The van der Waals surface area contributed by atoms with Gasteiger partial charge in [-0.25, -0.2) is 4.98 Å². The molecule has 2 unspecified atom stereocenters. The lowest BCUT2D eigenvalue weighted by Gasteiger charge is -2.23. The number of nitrogens with zero attached hydrogens (tertiary/aromatic N) is 2.